The van der Waals surface area contributed by atoms with Gasteiger partial charge in [-0.3, -0.25) is 0 Å². The topological polar surface area (TPSA) is 18.5 Å². The van der Waals surface area contributed by atoms with E-state index in [0.29, 0.717) is 13.2 Å². The summed E-state index contributed by atoms with van der Waals surface area (Å²) in [5.74, 6) is 0. The van der Waals surface area contributed by atoms with E-state index in [2.05, 4.69) is 69.9 Å². The fourth-order valence-electron chi connectivity index (χ4n) is 1.58. The molecule has 0 amide bonds. The molecule has 0 aromatic heterocycles. The SMILES string of the molecule is CCO[Si](C)(OCC)c1cc(I)cc(I)c1. The van der Waals surface area contributed by atoms with Crippen LogP contribution in [-0.2, 0) is 8.85 Å². The van der Waals surface area contributed by atoms with Gasteiger partial charge in [0.25, 0.3) is 0 Å². The van der Waals surface area contributed by atoms with Gasteiger partial charge >= 0.3 is 8.56 Å². The second-order valence-corrected chi connectivity index (χ2v) is 9.01. The first-order chi connectivity index (χ1) is 7.51. The fourth-order valence-corrected chi connectivity index (χ4v) is 6.45. The van der Waals surface area contributed by atoms with Gasteiger partial charge in [0.2, 0.25) is 0 Å². The molecule has 0 saturated heterocycles. The summed E-state index contributed by atoms with van der Waals surface area (Å²) in [7, 11) is -2.20. The molecular weight excluding hydrogens is 446 g/mol. The highest BCUT2D eigenvalue weighted by Crippen LogP contribution is 2.14. The lowest BCUT2D eigenvalue weighted by atomic mass is 10.4. The van der Waals surface area contributed by atoms with Crippen LogP contribution >= 0.6 is 45.2 Å². The average molecular weight is 462 g/mol. The van der Waals surface area contributed by atoms with Gasteiger partial charge in [0, 0.05) is 20.4 Å². The number of halogens is 2. The highest BCUT2D eigenvalue weighted by molar-refractivity contribution is 14.1. The molecule has 0 unspecified atom stereocenters. The Balaban J connectivity index is 3.09. The van der Waals surface area contributed by atoms with Crippen molar-refractivity contribution in [1.82, 2.24) is 0 Å². The molecule has 0 spiro atoms. The molecule has 0 aliphatic carbocycles. The lowest BCUT2D eigenvalue weighted by Gasteiger charge is -2.26. The maximum absolute atomic E-state index is 5.88. The molecule has 16 heavy (non-hydrogen) atoms. The molecule has 0 saturated carbocycles. The van der Waals surface area contributed by atoms with Crippen LogP contribution in [0.2, 0.25) is 6.55 Å². The molecule has 0 radical (unpaired) electrons. The van der Waals surface area contributed by atoms with Crippen molar-refractivity contribution in [2.24, 2.45) is 0 Å². The van der Waals surface area contributed by atoms with Crippen LogP contribution in [0.3, 0.4) is 0 Å². The summed E-state index contributed by atoms with van der Waals surface area (Å²) < 4.78 is 14.2. The van der Waals surface area contributed by atoms with Crippen LogP contribution in [0.25, 0.3) is 0 Å². The van der Waals surface area contributed by atoms with Crippen LogP contribution in [-0.4, -0.2) is 21.8 Å². The van der Waals surface area contributed by atoms with Crippen LogP contribution in [0.15, 0.2) is 18.2 Å². The summed E-state index contributed by atoms with van der Waals surface area (Å²) in [4.78, 5) is 0. The number of benzene rings is 1. The maximum Gasteiger partial charge on any atom is 0.369 e. The van der Waals surface area contributed by atoms with Crippen molar-refractivity contribution < 1.29 is 8.85 Å². The van der Waals surface area contributed by atoms with Crippen LogP contribution in [0, 0.1) is 7.14 Å². The van der Waals surface area contributed by atoms with Gasteiger partial charge in [0.15, 0.2) is 0 Å². The number of hydrogen-bond donors (Lipinski definition) is 0. The molecule has 1 aromatic rings. The minimum Gasteiger partial charge on any atom is -0.391 e. The average Bonchev–Trinajstić information content (AvgIpc) is 2.16. The van der Waals surface area contributed by atoms with Crippen LogP contribution in [0.5, 0.6) is 0 Å². The molecule has 0 bridgehead atoms. The van der Waals surface area contributed by atoms with Crippen LogP contribution < -0.4 is 5.19 Å². The molecular formula is C11H16I2O2Si. The quantitative estimate of drug-likeness (QED) is 0.495. The second-order valence-electron chi connectivity index (χ2n) is 3.47. The Hall–Kier alpha value is 0.817. The molecule has 5 heteroatoms. The third-order valence-electron chi connectivity index (χ3n) is 2.23. The van der Waals surface area contributed by atoms with Crippen molar-refractivity contribution in [3.63, 3.8) is 0 Å². The number of hydrogen-bond acceptors (Lipinski definition) is 2. The number of rotatable bonds is 5. The minimum absolute atomic E-state index is 0.699. The van der Waals surface area contributed by atoms with E-state index < -0.39 is 8.56 Å². The van der Waals surface area contributed by atoms with Crippen molar-refractivity contribution >= 4 is 58.9 Å². The maximum atomic E-state index is 5.88. The van der Waals surface area contributed by atoms with E-state index in [-0.39, 0.29) is 0 Å². The normalized spacial score (nSPS) is 11.8. The zero-order chi connectivity index (χ0) is 12.2. The van der Waals surface area contributed by atoms with E-state index in [1.807, 2.05) is 13.8 Å². The molecule has 1 aromatic carbocycles. The molecule has 0 aliphatic rings. The summed E-state index contributed by atoms with van der Waals surface area (Å²) in [5.41, 5.74) is 0. The smallest absolute Gasteiger partial charge is 0.369 e. The Morgan fingerprint density at radius 1 is 1.00 bits per heavy atom. The van der Waals surface area contributed by atoms with E-state index in [4.69, 9.17) is 8.85 Å². The predicted molar refractivity (Wildman–Crippen MR) is 86.4 cm³/mol. The van der Waals surface area contributed by atoms with Crippen molar-refractivity contribution in [2.75, 3.05) is 13.2 Å². The monoisotopic (exact) mass is 462 g/mol. The van der Waals surface area contributed by atoms with Gasteiger partial charge in [0.1, 0.15) is 0 Å². The first kappa shape index (κ1) is 14.9. The van der Waals surface area contributed by atoms with Crippen molar-refractivity contribution in [1.29, 1.82) is 0 Å². The molecule has 2 nitrogen and oxygen atoms in total. The molecule has 90 valence electrons. The van der Waals surface area contributed by atoms with E-state index in [1.165, 1.54) is 12.3 Å². The highest BCUT2D eigenvalue weighted by atomic mass is 127. The Bertz CT molecular complexity index is 332. The van der Waals surface area contributed by atoms with E-state index >= 15 is 0 Å². The van der Waals surface area contributed by atoms with E-state index in [1.54, 1.807) is 0 Å². The summed E-state index contributed by atoms with van der Waals surface area (Å²) in [6.45, 7) is 7.54. The van der Waals surface area contributed by atoms with Crippen molar-refractivity contribution in [3.05, 3.63) is 25.3 Å². The van der Waals surface area contributed by atoms with Gasteiger partial charge in [-0.25, -0.2) is 0 Å². The van der Waals surface area contributed by atoms with E-state index in [9.17, 15) is 0 Å². The van der Waals surface area contributed by atoms with Crippen LogP contribution in [0.4, 0.5) is 0 Å². The summed E-state index contributed by atoms with van der Waals surface area (Å²) in [5, 5.41) is 1.22. The Morgan fingerprint density at radius 2 is 1.44 bits per heavy atom. The molecule has 1 rings (SSSR count). The predicted octanol–water partition coefficient (Wildman–Crippen LogP) is 3.25. The third-order valence-corrected chi connectivity index (χ3v) is 6.49. The molecule has 0 heterocycles. The lowest BCUT2D eigenvalue weighted by molar-refractivity contribution is 0.202. The van der Waals surface area contributed by atoms with Gasteiger partial charge in [-0.15, -0.1) is 0 Å². The zero-order valence-electron chi connectivity index (χ0n) is 9.72. The van der Waals surface area contributed by atoms with Gasteiger partial charge in [-0.2, -0.15) is 0 Å². The molecule has 0 N–H and O–H groups in total. The Labute approximate surface area is 126 Å². The standard InChI is InChI=1S/C11H16I2O2Si/c1-4-14-16(3,15-5-2)11-7-9(12)6-10(13)8-11/h6-8H,4-5H2,1-3H3. The van der Waals surface area contributed by atoms with E-state index in [0.717, 1.165) is 0 Å². The van der Waals surface area contributed by atoms with Gasteiger partial charge in [-0.1, -0.05) is 0 Å². The highest BCUT2D eigenvalue weighted by Gasteiger charge is 2.33. The Morgan fingerprint density at radius 3 is 1.81 bits per heavy atom. The first-order valence-corrected chi connectivity index (χ1v) is 9.73. The molecule has 0 aliphatic heterocycles. The van der Waals surface area contributed by atoms with Crippen LogP contribution in [0.1, 0.15) is 13.8 Å². The first-order valence-electron chi connectivity index (χ1n) is 5.26. The van der Waals surface area contributed by atoms with Crippen molar-refractivity contribution in [3.8, 4) is 0 Å². The minimum atomic E-state index is -2.20. The summed E-state index contributed by atoms with van der Waals surface area (Å²) >= 11 is 4.67. The zero-order valence-corrected chi connectivity index (χ0v) is 15.0. The molecule has 0 fully saturated rings. The van der Waals surface area contributed by atoms with Crippen molar-refractivity contribution in [2.45, 2.75) is 20.4 Å². The Kier molecular flexibility index (Phi) is 6.20. The third kappa shape index (κ3) is 3.93. The second kappa shape index (κ2) is 6.67. The summed E-state index contributed by atoms with van der Waals surface area (Å²) in [6.07, 6.45) is 0. The fraction of sp³-hybridized carbons (Fsp3) is 0.455. The molecule has 0 atom stereocenters. The largest absolute Gasteiger partial charge is 0.391 e. The van der Waals surface area contributed by atoms with Gasteiger partial charge < -0.3 is 8.85 Å². The van der Waals surface area contributed by atoms with Gasteiger partial charge in [-0.05, 0) is 89.0 Å². The van der Waals surface area contributed by atoms with Gasteiger partial charge in [0.05, 0.1) is 0 Å². The lowest BCUT2D eigenvalue weighted by Crippen LogP contribution is -2.51. The summed E-state index contributed by atoms with van der Waals surface area (Å²) in [6, 6.07) is 6.48.